The molecule has 1 unspecified atom stereocenters. The van der Waals surface area contributed by atoms with Crippen LogP contribution >= 0.6 is 0 Å². The van der Waals surface area contributed by atoms with E-state index in [2.05, 4.69) is 4.99 Å². The van der Waals surface area contributed by atoms with Gasteiger partial charge < -0.3 is 5.32 Å². The fraction of sp³-hybridized carbons (Fsp3) is 0.526. The van der Waals surface area contributed by atoms with E-state index in [1.165, 1.54) is 12.1 Å². The predicted octanol–water partition coefficient (Wildman–Crippen LogP) is 4.34. The first-order chi connectivity index (χ1) is 13.2. The molecule has 0 spiro atoms. The Morgan fingerprint density at radius 3 is 2.24 bits per heavy atom. The smallest absolute Gasteiger partial charge is 0.333 e. The number of nitriles is 1. The Morgan fingerprint density at radius 2 is 1.76 bits per heavy atom. The van der Waals surface area contributed by atoms with Gasteiger partial charge in [0.1, 0.15) is 5.92 Å². The number of benzene rings is 1. The Balaban J connectivity index is 2.85. The molecule has 0 fully saturated rings. The van der Waals surface area contributed by atoms with Crippen LogP contribution in [0.1, 0.15) is 38.3 Å². The molecule has 0 saturated carbocycles. The van der Waals surface area contributed by atoms with E-state index in [0.29, 0.717) is 5.56 Å². The highest BCUT2D eigenvalue weighted by Crippen LogP contribution is 2.49. The van der Waals surface area contributed by atoms with Gasteiger partial charge in [-0.15, -0.1) is 0 Å². The lowest BCUT2D eigenvalue weighted by Gasteiger charge is -2.42. The van der Waals surface area contributed by atoms with Crippen LogP contribution in [0.4, 0.5) is 26.3 Å². The fourth-order valence-corrected chi connectivity index (χ4v) is 3.41. The molecule has 0 bridgehead atoms. The van der Waals surface area contributed by atoms with Crippen molar-refractivity contribution in [1.82, 2.24) is 5.32 Å². The Kier molecular flexibility index (Phi) is 5.76. The van der Waals surface area contributed by atoms with Crippen LogP contribution in [-0.2, 0) is 11.2 Å². The molecule has 1 heterocycles. The molecule has 29 heavy (non-hydrogen) atoms. The summed E-state index contributed by atoms with van der Waals surface area (Å²) in [6.07, 6.45) is -12.4. The third-order valence-corrected chi connectivity index (χ3v) is 4.73. The lowest BCUT2D eigenvalue weighted by atomic mass is 9.74. The van der Waals surface area contributed by atoms with Gasteiger partial charge in [-0.2, -0.15) is 31.6 Å². The van der Waals surface area contributed by atoms with Crippen LogP contribution in [0.2, 0.25) is 0 Å². The first-order valence-corrected chi connectivity index (χ1v) is 8.72. The number of fused-ring (bicyclic) bond motifs is 1. The molecule has 1 atom stereocenters. The van der Waals surface area contributed by atoms with Crippen molar-refractivity contribution in [3.8, 4) is 6.07 Å². The maximum atomic E-state index is 14.0. The number of nitrogens with one attached hydrogen (secondary N) is 1. The number of hydrogen-bond acceptors (Lipinski definition) is 3. The van der Waals surface area contributed by atoms with Gasteiger partial charge in [0.15, 0.2) is 0 Å². The van der Waals surface area contributed by atoms with Gasteiger partial charge in [0.2, 0.25) is 5.91 Å². The molecule has 1 aromatic carbocycles. The number of carbonyl (C=O) groups excluding carboxylic acids is 1. The average molecular weight is 419 g/mol. The lowest BCUT2D eigenvalue weighted by molar-refractivity contribution is -0.310. The first kappa shape index (κ1) is 22.7. The second-order valence-corrected chi connectivity index (χ2v) is 7.41. The summed E-state index contributed by atoms with van der Waals surface area (Å²) in [6, 6.07) is 7.07. The number of aliphatic imine (C=N–C) groups is 1. The van der Waals surface area contributed by atoms with Crippen LogP contribution in [0, 0.1) is 17.2 Å². The third kappa shape index (κ3) is 3.95. The van der Waals surface area contributed by atoms with Gasteiger partial charge in [0.25, 0.3) is 5.54 Å². The zero-order valence-electron chi connectivity index (χ0n) is 15.9. The van der Waals surface area contributed by atoms with E-state index in [4.69, 9.17) is 0 Å². The van der Waals surface area contributed by atoms with Crippen LogP contribution < -0.4 is 5.32 Å². The molecule has 1 N–H and O–H groups in total. The Morgan fingerprint density at radius 1 is 1.21 bits per heavy atom. The van der Waals surface area contributed by atoms with Crippen molar-refractivity contribution in [1.29, 1.82) is 5.26 Å². The van der Waals surface area contributed by atoms with E-state index >= 15 is 0 Å². The minimum atomic E-state index is -6.00. The number of amides is 1. The Labute approximate surface area is 163 Å². The maximum absolute atomic E-state index is 14.0. The van der Waals surface area contributed by atoms with Crippen LogP contribution in [0.15, 0.2) is 29.3 Å². The second-order valence-electron chi connectivity index (χ2n) is 7.41. The van der Waals surface area contributed by atoms with E-state index < -0.39 is 47.4 Å². The Hall–Kier alpha value is -2.57. The zero-order chi connectivity index (χ0) is 22.3. The standard InChI is InChI=1S/C19H19F6N3O/c1-4-14(29)27-17(18(20,21)22,19(23,24)25)13(10-26)15-12-8-6-5-7-11(12)9-16(2,3)28-15/h5-8,13H,4,9H2,1-3H3,(H,27,29). The van der Waals surface area contributed by atoms with Crippen molar-refractivity contribution >= 4 is 11.6 Å². The molecule has 1 amide bonds. The molecule has 1 aromatic rings. The average Bonchev–Trinajstić information content (AvgIpc) is 2.58. The molecular formula is C19H19F6N3O. The van der Waals surface area contributed by atoms with Crippen molar-refractivity contribution in [3.63, 3.8) is 0 Å². The largest absolute Gasteiger partial charge is 0.422 e. The summed E-state index contributed by atoms with van der Waals surface area (Å²) in [6.45, 7) is 4.21. The SMILES string of the molecule is CCC(=O)NC(C(C#N)C1=NC(C)(C)Cc2ccccc21)(C(F)(F)F)C(F)(F)F. The molecule has 2 rings (SSSR count). The van der Waals surface area contributed by atoms with E-state index in [0.717, 1.165) is 18.3 Å². The maximum Gasteiger partial charge on any atom is 0.422 e. The van der Waals surface area contributed by atoms with Crippen LogP contribution in [0.25, 0.3) is 0 Å². The first-order valence-electron chi connectivity index (χ1n) is 8.72. The zero-order valence-corrected chi connectivity index (χ0v) is 15.9. The van der Waals surface area contributed by atoms with Gasteiger partial charge in [-0.25, -0.2) is 0 Å². The minimum absolute atomic E-state index is 0.0296. The summed E-state index contributed by atoms with van der Waals surface area (Å²) in [5.74, 6) is -4.32. The quantitative estimate of drug-likeness (QED) is 0.738. The van der Waals surface area contributed by atoms with E-state index in [-0.39, 0.29) is 12.0 Å². The number of rotatable bonds is 4. The minimum Gasteiger partial charge on any atom is -0.333 e. The van der Waals surface area contributed by atoms with Crippen molar-refractivity contribution in [2.24, 2.45) is 10.9 Å². The number of nitrogens with zero attached hydrogens (tertiary/aromatic N) is 2. The molecule has 158 valence electrons. The van der Waals surface area contributed by atoms with Crippen molar-refractivity contribution < 1.29 is 31.1 Å². The fourth-order valence-electron chi connectivity index (χ4n) is 3.41. The molecule has 1 aliphatic rings. The van der Waals surface area contributed by atoms with Crippen molar-refractivity contribution in [2.45, 2.75) is 57.0 Å². The molecule has 0 saturated heterocycles. The van der Waals surface area contributed by atoms with Crippen LogP contribution in [0.5, 0.6) is 0 Å². The van der Waals surface area contributed by atoms with Crippen LogP contribution in [-0.4, -0.2) is 35.0 Å². The summed E-state index contributed by atoms with van der Waals surface area (Å²) in [7, 11) is 0. The Bertz CT molecular complexity index is 850. The number of carbonyl (C=O) groups is 1. The monoisotopic (exact) mass is 419 g/mol. The molecule has 1 aliphatic heterocycles. The van der Waals surface area contributed by atoms with Gasteiger partial charge in [-0.1, -0.05) is 31.2 Å². The van der Waals surface area contributed by atoms with Gasteiger partial charge in [0.05, 0.1) is 17.3 Å². The van der Waals surface area contributed by atoms with E-state index in [1.54, 1.807) is 26.0 Å². The summed E-state index contributed by atoms with van der Waals surface area (Å²) >= 11 is 0. The van der Waals surface area contributed by atoms with Crippen molar-refractivity contribution in [3.05, 3.63) is 35.4 Å². The predicted molar refractivity (Wildman–Crippen MR) is 93.1 cm³/mol. The molecule has 0 aromatic heterocycles. The highest BCUT2D eigenvalue weighted by Gasteiger charge is 2.76. The summed E-state index contributed by atoms with van der Waals surface area (Å²) in [5, 5.41) is 10.6. The van der Waals surface area contributed by atoms with Gasteiger partial charge in [0, 0.05) is 12.0 Å². The molecule has 0 aliphatic carbocycles. The molecule has 10 heteroatoms. The third-order valence-electron chi connectivity index (χ3n) is 4.73. The molecule has 4 nitrogen and oxygen atoms in total. The molecular weight excluding hydrogens is 400 g/mol. The summed E-state index contributed by atoms with van der Waals surface area (Å²) in [5.41, 5.74) is -5.98. The highest BCUT2D eigenvalue weighted by atomic mass is 19.4. The van der Waals surface area contributed by atoms with Crippen molar-refractivity contribution in [2.75, 3.05) is 0 Å². The van der Waals surface area contributed by atoms with Gasteiger partial charge in [-0.3, -0.25) is 9.79 Å². The van der Waals surface area contributed by atoms with Gasteiger partial charge in [-0.05, 0) is 25.8 Å². The number of halogens is 6. The lowest BCUT2D eigenvalue weighted by Crippen LogP contribution is -2.72. The van der Waals surface area contributed by atoms with E-state index in [9.17, 15) is 36.4 Å². The highest BCUT2D eigenvalue weighted by molar-refractivity contribution is 6.07. The second kappa shape index (κ2) is 7.35. The summed E-state index contributed by atoms with van der Waals surface area (Å²) in [4.78, 5) is 15.8. The molecule has 0 radical (unpaired) electrons. The van der Waals surface area contributed by atoms with Crippen LogP contribution in [0.3, 0.4) is 0 Å². The normalized spacial score (nSPS) is 17.6. The topological polar surface area (TPSA) is 65.2 Å². The van der Waals surface area contributed by atoms with Gasteiger partial charge >= 0.3 is 12.4 Å². The summed E-state index contributed by atoms with van der Waals surface area (Å²) < 4.78 is 83.9. The number of alkyl halides is 6. The van der Waals surface area contributed by atoms with E-state index in [1.807, 2.05) is 0 Å². The number of hydrogen-bond donors (Lipinski definition) is 1.